The molecule has 0 bridgehead atoms. The third-order valence-corrected chi connectivity index (χ3v) is 3.82. The van der Waals surface area contributed by atoms with Crippen molar-refractivity contribution in [1.29, 1.82) is 5.26 Å². The van der Waals surface area contributed by atoms with Gasteiger partial charge in [0.25, 0.3) is 0 Å². The van der Waals surface area contributed by atoms with Crippen molar-refractivity contribution in [1.82, 2.24) is 5.32 Å². The SMILES string of the molecule is COc1ccc(OCCNC(=O)C2(C#N)CCCC2)cc1. The lowest BCUT2D eigenvalue weighted by atomic mass is 9.87. The monoisotopic (exact) mass is 288 g/mol. The summed E-state index contributed by atoms with van der Waals surface area (Å²) in [5, 5.41) is 12.0. The summed E-state index contributed by atoms with van der Waals surface area (Å²) in [7, 11) is 1.61. The van der Waals surface area contributed by atoms with Gasteiger partial charge in [-0.3, -0.25) is 4.79 Å². The highest BCUT2D eigenvalue weighted by Gasteiger charge is 2.41. The molecule has 1 aliphatic rings. The Morgan fingerprint density at radius 1 is 1.29 bits per heavy atom. The molecule has 5 nitrogen and oxygen atoms in total. The van der Waals surface area contributed by atoms with Crippen LogP contribution in [0.25, 0.3) is 0 Å². The molecular formula is C16H20N2O3. The summed E-state index contributed by atoms with van der Waals surface area (Å²) < 4.78 is 10.6. The van der Waals surface area contributed by atoms with Gasteiger partial charge in [0.2, 0.25) is 5.91 Å². The summed E-state index contributed by atoms with van der Waals surface area (Å²) in [6, 6.07) is 9.44. The van der Waals surface area contributed by atoms with Crippen molar-refractivity contribution in [2.24, 2.45) is 5.41 Å². The molecule has 0 aromatic heterocycles. The first-order valence-corrected chi connectivity index (χ1v) is 7.16. The van der Waals surface area contributed by atoms with E-state index in [4.69, 9.17) is 9.47 Å². The van der Waals surface area contributed by atoms with Crippen molar-refractivity contribution in [2.45, 2.75) is 25.7 Å². The zero-order valence-electron chi connectivity index (χ0n) is 12.2. The number of carbonyl (C=O) groups is 1. The van der Waals surface area contributed by atoms with E-state index in [1.165, 1.54) is 0 Å². The highest BCUT2D eigenvalue weighted by atomic mass is 16.5. The number of rotatable bonds is 6. The van der Waals surface area contributed by atoms with Gasteiger partial charge in [0.1, 0.15) is 23.5 Å². The maximum atomic E-state index is 12.1. The minimum absolute atomic E-state index is 0.166. The molecule has 1 N–H and O–H groups in total. The Morgan fingerprint density at radius 3 is 2.48 bits per heavy atom. The normalized spacial score (nSPS) is 16.0. The summed E-state index contributed by atoms with van der Waals surface area (Å²) in [5.74, 6) is 1.33. The van der Waals surface area contributed by atoms with Crippen LogP contribution in [-0.4, -0.2) is 26.2 Å². The molecule has 0 spiro atoms. The van der Waals surface area contributed by atoms with E-state index < -0.39 is 5.41 Å². The number of benzene rings is 1. The second kappa shape index (κ2) is 6.98. The number of hydrogen-bond acceptors (Lipinski definition) is 4. The molecule has 112 valence electrons. The van der Waals surface area contributed by atoms with Gasteiger partial charge >= 0.3 is 0 Å². The molecule has 5 heteroatoms. The molecule has 0 atom stereocenters. The van der Waals surface area contributed by atoms with Crippen molar-refractivity contribution in [2.75, 3.05) is 20.3 Å². The van der Waals surface area contributed by atoms with E-state index in [9.17, 15) is 10.1 Å². The van der Waals surface area contributed by atoms with E-state index in [-0.39, 0.29) is 5.91 Å². The van der Waals surface area contributed by atoms with Crippen LogP contribution >= 0.6 is 0 Å². The third kappa shape index (κ3) is 3.66. The van der Waals surface area contributed by atoms with Crippen LogP contribution in [0, 0.1) is 16.7 Å². The average Bonchev–Trinajstić information content (AvgIpc) is 3.02. The second-order valence-corrected chi connectivity index (χ2v) is 5.18. The van der Waals surface area contributed by atoms with E-state index in [0.717, 1.165) is 24.3 Å². The van der Waals surface area contributed by atoms with Crippen molar-refractivity contribution < 1.29 is 14.3 Å². The fraction of sp³-hybridized carbons (Fsp3) is 0.500. The molecule has 2 rings (SSSR count). The maximum Gasteiger partial charge on any atom is 0.240 e. The summed E-state index contributed by atoms with van der Waals surface area (Å²) in [4.78, 5) is 12.1. The van der Waals surface area contributed by atoms with Crippen LogP contribution in [-0.2, 0) is 4.79 Å². The molecule has 0 radical (unpaired) electrons. The number of carbonyl (C=O) groups excluding carboxylic acids is 1. The molecule has 1 aliphatic carbocycles. The van der Waals surface area contributed by atoms with Crippen molar-refractivity contribution in [3.63, 3.8) is 0 Å². The molecule has 1 saturated carbocycles. The first-order chi connectivity index (χ1) is 10.2. The average molecular weight is 288 g/mol. The first kappa shape index (κ1) is 15.2. The van der Waals surface area contributed by atoms with Crippen molar-refractivity contribution in [3.8, 4) is 17.6 Å². The van der Waals surface area contributed by atoms with Gasteiger partial charge in [-0.15, -0.1) is 0 Å². The molecule has 1 aromatic rings. The second-order valence-electron chi connectivity index (χ2n) is 5.18. The van der Waals surface area contributed by atoms with Gasteiger partial charge < -0.3 is 14.8 Å². The molecule has 1 aromatic carbocycles. The number of nitrogens with zero attached hydrogens (tertiary/aromatic N) is 1. The fourth-order valence-corrected chi connectivity index (χ4v) is 2.54. The highest BCUT2D eigenvalue weighted by Crippen LogP contribution is 2.37. The zero-order chi connectivity index (χ0) is 15.1. The van der Waals surface area contributed by atoms with E-state index in [0.29, 0.717) is 26.0 Å². The highest BCUT2D eigenvalue weighted by molar-refractivity contribution is 5.85. The Morgan fingerprint density at radius 2 is 1.90 bits per heavy atom. The van der Waals surface area contributed by atoms with Crippen LogP contribution in [0.5, 0.6) is 11.5 Å². The lowest BCUT2D eigenvalue weighted by Crippen LogP contribution is -2.40. The standard InChI is InChI=1S/C16H20N2O3/c1-20-13-4-6-14(7-5-13)21-11-10-18-15(19)16(12-17)8-2-3-9-16/h4-7H,2-3,8-11H2,1H3,(H,18,19). The van der Waals surface area contributed by atoms with Gasteiger partial charge in [-0.25, -0.2) is 0 Å². The van der Waals surface area contributed by atoms with Crippen LogP contribution in [0.3, 0.4) is 0 Å². The predicted octanol–water partition coefficient (Wildman–Crippen LogP) is 2.27. The molecular weight excluding hydrogens is 268 g/mol. The Labute approximate surface area is 124 Å². The molecule has 0 unspecified atom stereocenters. The molecule has 0 aliphatic heterocycles. The lowest BCUT2D eigenvalue weighted by Gasteiger charge is -2.19. The Bertz CT molecular complexity index is 513. The lowest BCUT2D eigenvalue weighted by molar-refractivity contribution is -0.128. The number of amides is 1. The molecule has 1 fully saturated rings. The van der Waals surface area contributed by atoms with E-state index >= 15 is 0 Å². The largest absolute Gasteiger partial charge is 0.497 e. The number of hydrogen-bond donors (Lipinski definition) is 1. The van der Waals surface area contributed by atoms with E-state index in [1.807, 2.05) is 24.3 Å². The van der Waals surface area contributed by atoms with Crippen molar-refractivity contribution in [3.05, 3.63) is 24.3 Å². The van der Waals surface area contributed by atoms with Gasteiger partial charge in [-0.2, -0.15) is 5.26 Å². The van der Waals surface area contributed by atoms with Gasteiger partial charge in [-0.1, -0.05) is 12.8 Å². The molecule has 0 saturated heterocycles. The number of nitriles is 1. The minimum Gasteiger partial charge on any atom is -0.497 e. The minimum atomic E-state index is -0.819. The predicted molar refractivity (Wildman–Crippen MR) is 78.0 cm³/mol. The first-order valence-electron chi connectivity index (χ1n) is 7.16. The zero-order valence-corrected chi connectivity index (χ0v) is 12.2. The molecule has 0 heterocycles. The van der Waals surface area contributed by atoms with Crippen LogP contribution in [0.4, 0.5) is 0 Å². The summed E-state index contributed by atoms with van der Waals surface area (Å²) in [5.41, 5.74) is -0.819. The third-order valence-electron chi connectivity index (χ3n) is 3.82. The van der Waals surface area contributed by atoms with Gasteiger partial charge in [-0.05, 0) is 37.1 Å². The van der Waals surface area contributed by atoms with E-state index in [1.54, 1.807) is 7.11 Å². The van der Waals surface area contributed by atoms with Gasteiger partial charge in [0.05, 0.1) is 19.7 Å². The number of nitrogens with one attached hydrogen (secondary N) is 1. The summed E-state index contributed by atoms with van der Waals surface area (Å²) >= 11 is 0. The quantitative estimate of drug-likeness (QED) is 0.815. The van der Waals surface area contributed by atoms with Gasteiger partial charge in [0.15, 0.2) is 0 Å². The Kier molecular flexibility index (Phi) is 5.04. The number of methoxy groups -OCH3 is 1. The Hall–Kier alpha value is -2.22. The van der Waals surface area contributed by atoms with Crippen LogP contribution in [0.15, 0.2) is 24.3 Å². The maximum absolute atomic E-state index is 12.1. The van der Waals surface area contributed by atoms with Crippen LogP contribution in [0.1, 0.15) is 25.7 Å². The molecule has 1 amide bonds. The Balaban J connectivity index is 1.74. The topological polar surface area (TPSA) is 71.3 Å². The number of ether oxygens (including phenoxy) is 2. The molecule has 21 heavy (non-hydrogen) atoms. The van der Waals surface area contributed by atoms with E-state index in [2.05, 4.69) is 11.4 Å². The fourth-order valence-electron chi connectivity index (χ4n) is 2.54. The van der Waals surface area contributed by atoms with Crippen LogP contribution < -0.4 is 14.8 Å². The summed E-state index contributed by atoms with van der Waals surface area (Å²) in [6.45, 7) is 0.772. The summed E-state index contributed by atoms with van der Waals surface area (Å²) in [6.07, 6.45) is 3.22. The van der Waals surface area contributed by atoms with Crippen LogP contribution in [0.2, 0.25) is 0 Å². The van der Waals surface area contributed by atoms with Crippen molar-refractivity contribution >= 4 is 5.91 Å². The van der Waals surface area contributed by atoms with Gasteiger partial charge in [0, 0.05) is 0 Å². The smallest absolute Gasteiger partial charge is 0.240 e.